The summed E-state index contributed by atoms with van der Waals surface area (Å²) >= 11 is 3.76. The molecule has 0 radical (unpaired) electrons. The second kappa shape index (κ2) is 7.55. The summed E-state index contributed by atoms with van der Waals surface area (Å²) in [6.45, 7) is 7.28. The molecule has 7 nitrogen and oxygen atoms in total. The first-order valence-electron chi connectivity index (χ1n) is 10.6. The van der Waals surface area contributed by atoms with Gasteiger partial charge in [-0.15, -0.1) is 0 Å². The minimum atomic E-state index is -0.447. The van der Waals surface area contributed by atoms with Gasteiger partial charge in [0.1, 0.15) is 16.7 Å². The smallest absolute Gasteiger partial charge is 0.410 e. The van der Waals surface area contributed by atoms with Crippen LogP contribution in [0.5, 0.6) is 0 Å². The molecule has 1 aliphatic carbocycles. The number of aryl methyl sites for hydroxylation is 1. The van der Waals surface area contributed by atoms with Gasteiger partial charge in [0.2, 0.25) is 17.8 Å². The number of amides is 1. The molecule has 30 heavy (non-hydrogen) atoms. The van der Waals surface area contributed by atoms with Crippen molar-refractivity contribution in [3.63, 3.8) is 0 Å². The molecule has 0 saturated carbocycles. The highest BCUT2D eigenvalue weighted by Crippen LogP contribution is 2.47. The summed E-state index contributed by atoms with van der Waals surface area (Å²) in [5, 5.41) is 0.932. The number of carbonyl (C=O) groups excluding carboxylic acids is 1. The first-order chi connectivity index (χ1) is 14.1. The van der Waals surface area contributed by atoms with Gasteiger partial charge in [0.15, 0.2) is 0 Å². The van der Waals surface area contributed by atoms with Crippen molar-refractivity contribution in [2.24, 2.45) is 12.5 Å². The Kier molecular flexibility index (Phi) is 5.33. The fourth-order valence-corrected chi connectivity index (χ4v) is 5.65. The molecule has 0 atom stereocenters. The molecule has 1 amide bonds. The van der Waals surface area contributed by atoms with Crippen molar-refractivity contribution >= 4 is 44.4 Å². The lowest BCUT2D eigenvalue weighted by Gasteiger charge is -2.43. The van der Waals surface area contributed by atoms with Gasteiger partial charge in [0.25, 0.3) is 0 Å². The fourth-order valence-electron chi connectivity index (χ4n) is 4.74. The normalized spacial score (nSPS) is 19.2. The lowest BCUT2D eigenvalue weighted by atomic mass is 9.68. The average molecular weight is 477 g/mol. The number of anilines is 1. The van der Waals surface area contributed by atoms with E-state index in [1.165, 1.54) is 11.3 Å². The third-order valence-electron chi connectivity index (χ3n) is 6.48. The van der Waals surface area contributed by atoms with Crippen LogP contribution >= 0.6 is 15.9 Å². The molecule has 0 unspecified atom stereocenters. The topological polar surface area (TPSA) is 87.5 Å². The Balaban J connectivity index is 1.49. The lowest BCUT2D eigenvalue weighted by Crippen LogP contribution is -2.45. The third-order valence-corrected chi connectivity index (χ3v) is 7.25. The van der Waals surface area contributed by atoms with Crippen LogP contribution < -0.4 is 10.7 Å². The number of nitrogens with two attached hydrogens (primary N) is 1. The van der Waals surface area contributed by atoms with E-state index in [9.17, 15) is 4.79 Å². The zero-order valence-electron chi connectivity index (χ0n) is 18.2. The second-order valence-corrected chi connectivity index (χ2v) is 10.4. The van der Waals surface area contributed by atoms with Crippen LogP contribution in [0.2, 0.25) is 0 Å². The predicted molar refractivity (Wildman–Crippen MR) is 121 cm³/mol. The molecular weight excluding hydrogens is 446 g/mol. The molecular formula is C22H31BrN5O2+. The van der Waals surface area contributed by atoms with E-state index in [1.54, 1.807) is 6.33 Å². The maximum atomic E-state index is 12.4. The summed E-state index contributed by atoms with van der Waals surface area (Å²) in [4.78, 5) is 21.6. The van der Waals surface area contributed by atoms with E-state index >= 15 is 0 Å². The average Bonchev–Trinajstić information content (AvgIpc) is 2.93. The second-order valence-electron chi connectivity index (χ2n) is 9.63. The van der Waals surface area contributed by atoms with Crippen LogP contribution in [-0.4, -0.2) is 39.2 Å². The number of halogens is 1. The highest BCUT2D eigenvalue weighted by molar-refractivity contribution is 9.10. The summed E-state index contributed by atoms with van der Waals surface area (Å²) in [6.07, 6.45) is 9.07. The Labute approximate surface area is 185 Å². The number of hydrogen-bond acceptors (Lipinski definition) is 4. The van der Waals surface area contributed by atoms with Crippen LogP contribution in [0.4, 0.5) is 10.6 Å². The number of aromatic amines is 1. The summed E-state index contributed by atoms with van der Waals surface area (Å²) in [5.41, 5.74) is 9.43. The number of hydrogen-bond donors (Lipinski definition) is 1. The highest BCUT2D eigenvalue weighted by atomic mass is 79.9. The Morgan fingerprint density at radius 3 is 2.57 bits per heavy atom. The van der Waals surface area contributed by atoms with Gasteiger partial charge >= 0.3 is 6.09 Å². The number of fused-ring (bicyclic) bond motifs is 1. The molecule has 1 spiro atoms. The standard InChI is InChI=1S/C22H30BrN5O2/c1-21(2,3)30-20(29)28-11-9-22(10-12-28)7-5-14(6-8-22)17-16(23)15-18(24)25-13-26-19(15)27(17)4/h5,13H,6-12H2,1-4H3,(H2,24,25,26)/p+1. The molecule has 1 saturated heterocycles. The van der Waals surface area contributed by atoms with E-state index in [2.05, 4.69) is 43.6 Å². The summed E-state index contributed by atoms with van der Waals surface area (Å²) in [6, 6.07) is 0. The monoisotopic (exact) mass is 476 g/mol. The molecule has 0 aromatic carbocycles. The summed E-state index contributed by atoms with van der Waals surface area (Å²) < 4.78 is 8.70. The molecule has 8 heteroatoms. The maximum Gasteiger partial charge on any atom is 0.410 e. The van der Waals surface area contributed by atoms with Crippen molar-refractivity contribution in [1.82, 2.24) is 14.5 Å². The van der Waals surface area contributed by atoms with Crippen LogP contribution in [0, 0.1) is 5.41 Å². The number of piperidine rings is 1. The minimum absolute atomic E-state index is 0.189. The molecule has 3 heterocycles. The number of allylic oxidation sites excluding steroid dienone is 2. The number of rotatable bonds is 1. The Bertz CT molecular complexity index is 1010. The molecule has 162 valence electrons. The molecule has 2 aromatic rings. The third kappa shape index (κ3) is 3.82. The predicted octanol–water partition coefficient (Wildman–Crippen LogP) is 4.32. The van der Waals surface area contributed by atoms with Gasteiger partial charge in [-0.3, -0.25) is 4.57 Å². The Morgan fingerprint density at radius 2 is 2.00 bits per heavy atom. The van der Waals surface area contributed by atoms with Gasteiger partial charge in [-0.05, 0) is 79.8 Å². The quantitative estimate of drug-likeness (QED) is 0.663. The molecule has 3 N–H and O–H groups in total. The molecule has 4 rings (SSSR count). The summed E-state index contributed by atoms with van der Waals surface area (Å²) in [5.74, 6) is 0.528. The molecule has 1 aliphatic heterocycles. The number of ether oxygens (including phenoxy) is 1. The zero-order chi connectivity index (χ0) is 21.7. The van der Waals surface area contributed by atoms with Gasteiger partial charge in [-0.1, -0.05) is 11.1 Å². The number of carbonyl (C=O) groups is 1. The number of nitrogen functional groups attached to an aromatic ring is 1. The van der Waals surface area contributed by atoms with Crippen molar-refractivity contribution in [2.75, 3.05) is 18.8 Å². The van der Waals surface area contributed by atoms with Crippen molar-refractivity contribution < 1.29 is 14.5 Å². The van der Waals surface area contributed by atoms with Crippen molar-refractivity contribution in [1.29, 1.82) is 0 Å². The lowest BCUT2D eigenvalue weighted by molar-refractivity contribution is -0.353. The van der Waals surface area contributed by atoms with Crippen LogP contribution in [0.1, 0.15) is 58.6 Å². The maximum absolute atomic E-state index is 12.4. The van der Waals surface area contributed by atoms with E-state index in [1.807, 2.05) is 25.7 Å². The van der Waals surface area contributed by atoms with Crippen molar-refractivity contribution in [3.05, 3.63) is 22.6 Å². The Morgan fingerprint density at radius 1 is 1.30 bits per heavy atom. The number of aromatic nitrogens is 3. The Hall–Kier alpha value is -2.09. The largest absolute Gasteiger partial charge is 0.444 e. The van der Waals surface area contributed by atoms with Crippen LogP contribution in [-0.2, 0) is 11.8 Å². The highest BCUT2D eigenvalue weighted by Gasteiger charge is 2.39. The SMILES string of the molecule is Cn1c(C2=CCC3(CC2)CCN(C(=O)OC(C)(C)C)CC3)c(Br)c2c(N)nc[nH+]c21. The first-order valence-corrected chi connectivity index (χ1v) is 11.4. The van der Waals surface area contributed by atoms with Gasteiger partial charge in [0.05, 0.1) is 11.5 Å². The van der Waals surface area contributed by atoms with Crippen LogP contribution in [0.3, 0.4) is 0 Å². The zero-order valence-corrected chi connectivity index (χ0v) is 19.8. The molecule has 2 aliphatic rings. The van der Waals surface area contributed by atoms with Gasteiger partial charge in [0, 0.05) is 13.1 Å². The van der Waals surface area contributed by atoms with Crippen LogP contribution in [0.15, 0.2) is 16.9 Å². The van der Waals surface area contributed by atoms with E-state index in [0.717, 1.165) is 60.7 Å². The number of likely N-dealkylation sites (tertiary alicyclic amines) is 1. The molecule has 1 fully saturated rings. The number of nitrogens with one attached hydrogen (secondary N) is 1. The first kappa shape index (κ1) is 21.2. The van der Waals surface area contributed by atoms with E-state index in [4.69, 9.17) is 10.5 Å². The van der Waals surface area contributed by atoms with Gasteiger partial charge in [-0.25, -0.2) is 9.78 Å². The van der Waals surface area contributed by atoms with E-state index < -0.39 is 5.60 Å². The summed E-state index contributed by atoms with van der Waals surface area (Å²) in [7, 11) is 2.06. The minimum Gasteiger partial charge on any atom is -0.444 e. The van der Waals surface area contributed by atoms with Crippen LogP contribution in [0.25, 0.3) is 16.6 Å². The van der Waals surface area contributed by atoms with Crippen molar-refractivity contribution in [3.8, 4) is 0 Å². The number of H-pyrrole nitrogens is 1. The van der Waals surface area contributed by atoms with Gasteiger partial charge < -0.3 is 15.4 Å². The van der Waals surface area contributed by atoms with E-state index in [0.29, 0.717) is 5.82 Å². The van der Waals surface area contributed by atoms with Crippen molar-refractivity contribution in [2.45, 2.75) is 58.5 Å². The molecule has 2 aromatic heterocycles. The van der Waals surface area contributed by atoms with E-state index in [-0.39, 0.29) is 11.5 Å². The number of nitrogens with zero attached hydrogens (tertiary/aromatic N) is 3. The van der Waals surface area contributed by atoms with Gasteiger partial charge in [-0.2, -0.15) is 0 Å². The molecule has 0 bridgehead atoms. The fraction of sp³-hybridized carbons (Fsp3) is 0.591.